The molecule has 0 N–H and O–H groups in total. The zero-order chi connectivity index (χ0) is 46.8. The predicted octanol–water partition coefficient (Wildman–Crippen LogP) is 16.5. The van der Waals surface area contributed by atoms with Crippen molar-refractivity contribution in [3.8, 4) is 0 Å². The van der Waals surface area contributed by atoms with Gasteiger partial charge >= 0.3 is 0 Å². The smallest absolute Gasteiger partial charge is 0.126 e. The first-order valence-corrected chi connectivity index (χ1v) is 21.5. The minimum atomic E-state index is -0.109. The van der Waals surface area contributed by atoms with Gasteiger partial charge < -0.3 is 0 Å². The van der Waals surface area contributed by atoms with Crippen LogP contribution < -0.4 is 0 Å². The van der Waals surface area contributed by atoms with Gasteiger partial charge in [-0.2, -0.15) is 0 Å². The number of hydrogen-bond acceptors (Lipinski definition) is 2. The number of hydrogen-bond donors (Lipinski definition) is 0. The molecule has 0 bridgehead atoms. The molecule has 2 nitrogen and oxygen atoms in total. The van der Waals surface area contributed by atoms with Crippen LogP contribution in [0.4, 0.5) is 8.78 Å². The number of halogens is 2. The Labute approximate surface area is 367 Å². The lowest BCUT2D eigenvalue weighted by atomic mass is 9.85. The van der Waals surface area contributed by atoms with Crippen LogP contribution in [-0.4, -0.2) is 9.97 Å². The Bertz CT molecular complexity index is 1940. The highest BCUT2D eigenvalue weighted by atomic mass is 19.1. The Balaban J connectivity index is 0.000000375. The molecule has 0 aliphatic carbocycles. The SMILES string of the molecule is Cc1cc(C(C)(C)C)cc(F)c1C.Cc1ccc(C(C)(C)C)cc1C.Cc1ccc(C(C)(C)C)cc1F.Cc1ccc(C(C)(C)C)cn1.Cc1cnc(C(C)(C)C)cc1C. The van der Waals surface area contributed by atoms with E-state index in [1.165, 1.54) is 39.1 Å². The van der Waals surface area contributed by atoms with Crippen LogP contribution in [-0.2, 0) is 27.1 Å². The summed E-state index contributed by atoms with van der Waals surface area (Å²) < 4.78 is 26.5. The summed E-state index contributed by atoms with van der Waals surface area (Å²) in [5.74, 6) is -0.202. The summed E-state index contributed by atoms with van der Waals surface area (Å²) >= 11 is 0. The van der Waals surface area contributed by atoms with Crippen LogP contribution in [0.5, 0.6) is 0 Å². The second-order valence-corrected chi connectivity index (χ2v) is 21.8. The van der Waals surface area contributed by atoms with Gasteiger partial charge in [-0.1, -0.05) is 146 Å². The van der Waals surface area contributed by atoms with Crippen LogP contribution in [0.1, 0.15) is 176 Å². The van der Waals surface area contributed by atoms with E-state index in [2.05, 4.69) is 184 Å². The summed E-state index contributed by atoms with van der Waals surface area (Å²) in [5.41, 5.74) is 15.7. The summed E-state index contributed by atoms with van der Waals surface area (Å²) in [6, 6.07) is 22.2. The van der Waals surface area contributed by atoms with Crippen molar-refractivity contribution in [2.45, 2.75) is 186 Å². The van der Waals surface area contributed by atoms with E-state index in [4.69, 9.17) is 0 Å². The molecular weight excluding hydrogens is 739 g/mol. The van der Waals surface area contributed by atoms with E-state index in [0.717, 1.165) is 27.9 Å². The highest BCUT2D eigenvalue weighted by Gasteiger charge is 2.18. The Morgan fingerprint density at radius 3 is 1.13 bits per heavy atom. The maximum absolute atomic E-state index is 13.4. The Morgan fingerprint density at radius 2 is 0.750 bits per heavy atom. The molecule has 60 heavy (non-hydrogen) atoms. The zero-order valence-electron chi connectivity index (χ0n) is 42.2. The summed E-state index contributed by atoms with van der Waals surface area (Å²) in [6.07, 6.45) is 3.91. The van der Waals surface area contributed by atoms with E-state index < -0.39 is 0 Å². The third-order valence-electron chi connectivity index (χ3n) is 10.8. The van der Waals surface area contributed by atoms with E-state index >= 15 is 0 Å². The van der Waals surface area contributed by atoms with Gasteiger partial charge in [-0.25, -0.2) is 8.78 Å². The third-order valence-corrected chi connectivity index (χ3v) is 10.8. The van der Waals surface area contributed by atoms with Crippen molar-refractivity contribution >= 4 is 0 Å². The van der Waals surface area contributed by atoms with Gasteiger partial charge in [0.2, 0.25) is 0 Å². The van der Waals surface area contributed by atoms with Gasteiger partial charge in [0, 0.05) is 29.2 Å². The van der Waals surface area contributed by atoms with Crippen LogP contribution >= 0.6 is 0 Å². The monoisotopic (exact) mass is 821 g/mol. The van der Waals surface area contributed by atoms with Crippen molar-refractivity contribution in [3.63, 3.8) is 0 Å². The molecule has 0 fully saturated rings. The second kappa shape index (κ2) is 21.6. The molecule has 2 heterocycles. The van der Waals surface area contributed by atoms with Gasteiger partial charge in [0.15, 0.2) is 0 Å². The lowest BCUT2D eigenvalue weighted by Gasteiger charge is -2.20. The first kappa shape index (κ1) is 53.8. The van der Waals surface area contributed by atoms with Gasteiger partial charge in [0.05, 0.1) is 0 Å². The fraction of sp³-hybridized carbons (Fsp3) is 0.500. The average molecular weight is 821 g/mol. The van der Waals surface area contributed by atoms with Crippen LogP contribution in [0.3, 0.4) is 0 Å². The lowest BCUT2D eigenvalue weighted by Crippen LogP contribution is -2.13. The maximum Gasteiger partial charge on any atom is 0.126 e. The van der Waals surface area contributed by atoms with Crippen molar-refractivity contribution in [3.05, 3.63) is 163 Å². The van der Waals surface area contributed by atoms with Crippen LogP contribution in [0.15, 0.2) is 79.1 Å². The zero-order valence-corrected chi connectivity index (χ0v) is 42.2. The Kier molecular flexibility index (Phi) is 19.3. The molecule has 330 valence electrons. The molecule has 0 aliphatic heterocycles. The molecule has 5 aromatic rings. The van der Waals surface area contributed by atoms with Crippen LogP contribution in [0.2, 0.25) is 0 Å². The van der Waals surface area contributed by atoms with Gasteiger partial charge in [-0.15, -0.1) is 0 Å². The van der Waals surface area contributed by atoms with E-state index in [9.17, 15) is 8.78 Å². The lowest BCUT2D eigenvalue weighted by molar-refractivity contribution is 0.567. The standard InChI is InChI=1S/C12H17F.C12H18.C11H15F.C11H17N.C10H15N/c1-8-6-10(12(3,4)5)7-11(13)9(8)2;1-9-6-7-11(8-10(9)2)12(3,4)5;1-8-5-6-9(7-10(8)12)11(2,3)4;1-8-6-10(11(3,4)5)12-7-9(8)2;1-8-5-6-9(7-11-8)10(2,3)4/h6-7H,1-5H3;6-8H,1-5H3;5-7H,1-4H3;6-7H,1-5H3;5-7H,1-4H3. The van der Waals surface area contributed by atoms with E-state index in [0.29, 0.717) is 5.56 Å². The molecule has 0 atom stereocenters. The molecule has 0 radical (unpaired) electrons. The van der Waals surface area contributed by atoms with Crippen molar-refractivity contribution in [2.75, 3.05) is 0 Å². The number of aromatic nitrogens is 2. The second-order valence-electron chi connectivity index (χ2n) is 21.8. The number of rotatable bonds is 0. The molecule has 0 saturated heterocycles. The van der Waals surface area contributed by atoms with Crippen LogP contribution in [0.25, 0.3) is 0 Å². The molecule has 0 aliphatic rings. The van der Waals surface area contributed by atoms with E-state index in [1.807, 2.05) is 45.3 Å². The molecule has 0 spiro atoms. The first-order valence-electron chi connectivity index (χ1n) is 21.5. The van der Waals surface area contributed by atoms with Crippen molar-refractivity contribution in [1.82, 2.24) is 9.97 Å². The molecular formula is C56H82F2N2. The fourth-order valence-corrected chi connectivity index (χ4v) is 5.46. The highest BCUT2D eigenvalue weighted by Crippen LogP contribution is 2.27. The van der Waals surface area contributed by atoms with Crippen LogP contribution in [0, 0.1) is 67.0 Å². The summed E-state index contributed by atoms with van der Waals surface area (Å²) in [4.78, 5) is 8.66. The third kappa shape index (κ3) is 18.2. The Morgan fingerprint density at radius 1 is 0.333 bits per heavy atom. The maximum atomic E-state index is 13.4. The van der Waals surface area contributed by atoms with Crippen molar-refractivity contribution in [2.24, 2.45) is 0 Å². The average Bonchev–Trinajstić information content (AvgIpc) is 3.09. The predicted molar refractivity (Wildman–Crippen MR) is 259 cm³/mol. The van der Waals surface area contributed by atoms with Gasteiger partial charge in [0.25, 0.3) is 0 Å². The highest BCUT2D eigenvalue weighted by molar-refractivity contribution is 5.35. The topological polar surface area (TPSA) is 25.8 Å². The van der Waals surface area contributed by atoms with E-state index in [-0.39, 0.29) is 38.7 Å². The Hall–Kier alpha value is -4.18. The number of nitrogens with zero attached hydrogens (tertiary/aromatic N) is 2. The van der Waals surface area contributed by atoms with Gasteiger partial charge in [0.1, 0.15) is 11.6 Å². The van der Waals surface area contributed by atoms with E-state index in [1.54, 1.807) is 19.1 Å². The molecule has 5 rings (SSSR count). The number of benzene rings is 3. The quantitative estimate of drug-likeness (QED) is 0.156. The molecule has 3 aromatic carbocycles. The van der Waals surface area contributed by atoms with Gasteiger partial charge in [-0.05, 0) is 163 Å². The normalized spacial score (nSPS) is 11.8. The fourth-order valence-electron chi connectivity index (χ4n) is 5.46. The minimum absolute atomic E-state index is 0.0271. The van der Waals surface area contributed by atoms with Gasteiger partial charge in [-0.3, -0.25) is 9.97 Å². The summed E-state index contributed by atoms with van der Waals surface area (Å²) in [6.45, 7) is 48.5. The number of aryl methyl sites for hydroxylation is 7. The molecule has 4 heteroatoms. The summed E-state index contributed by atoms with van der Waals surface area (Å²) in [5, 5.41) is 0. The molecule has 0 unspecified atom stereocenters. The summed E-state index contributed by atoms with van der Waals surface area (Å²) in [7, 11) is 0. The molecule has 0 amide bonds. The largest absolute Gasteiger partial charge is 0.261 e. The number of pyridine rings is 2. The van der Waals surface area contributed by atoms with Crippen molar-refractivity contribution < 1.29 is 8.78 Å². The first-order chi connectivity index (χ1) is 27.0. The van der Waals surface area contributed by atoms with Crippen molar-refractivity contribution in [1.29, 1.82) is 0 Å². The minimum Gasteiger partial charge on any atom is -0.261 e. The molecule has 0 saturated carbocycles. The molecule has 2 aromatic heterocycles.